The summed E-state index contributed by atoms with van der Waals surface area (Å²) in [5.41, 5.74) is 5.99. The molecule has 3 heteroatoms. The minimum atomic E-state index is 0.209. The zero-order valence-electron chi connectivity index (χ0n) is 11.1. The maximum absolute atomic E-state index is 12.2. The molecule has 5 unspecified atom stereocenters. The summed E-state index contributed by atoms with van der Waals surface area (Å²) in [5, 5.41) is 3.23. The molecule has 2 rings (SSSR count). The van der Waals surface area contributed by atoms with Crippen LogP contribution in [0.25, 0.3) is 0 Å². The first kappa shape index (κ1) is 12.9. The van der Waals surface area contributed by atoms with Gasteiger partial charge in [0.1, 0.15) is 0 Å². The average molecular weight is 238 g/mol. The Hall–Kier alpha value is -0.570. The van der Waals surface area contributed by atoms with Crippen LogP contribution in [-0.4, -0.2) is 18.0 Å². The van der Waals surface area contributed by atoms with Gasteiger partial charge in [-0.3, -0.25) is 4.79 Å². The van der Waals surface area contributed by atoms with E-state index in [9.17, 15) is 4.79 Å². The summed E-state index contributed by atoms with van der Waals surface area (Å²) in [6.07, 6.45) is 6.52. The molecule has 0 radical (unpaired) electrons. The molecule has 98 valence electrons. The molecular formula is C14H26N2O. The van der Waals surface area contributed by atoms with E-state index in [-0.39, 0.29) is 11.8 Å². The molecule has 0 spiro atoms. The molecule has 5 atom stereocenters. The number of hydrogen-bond donors (Lipinski definition) is 2. The molecule has 2 fully saturated rings. The first-order valence-electron chi connectivity index (χ1n) is 7.12. The Morgan fingerprint density at radius 1 is 1.12 bits per heavy atom. The second kappa shape index (κ2) is 5.38. The fraction of sp³-hybridized carbons (Fsp3) is 0.929. The summed E-state index contributed by atoms with van der Waals surface area (Å²) in [5.74, 6) is 1.75. The Morgan fingerprint density at radius 2 is 1.88 bits per heavy atom. The lowest BCUT2D eigenvalue weighted by molar-refractivity contribution is -0.127. The zero-order valence-corrected chi connectivity index (χ0v) is 11.1. The first-order valence-corrected chi connectivity index (χ1v) is 7.12. The number of carbonyl (C=O) groups is 1. The summed E-state index contributed by atoms with van der Waals surface area (Å²) in [6, 6.07) is 0.731. The first-order chi connectivity index (χ1) is 8.06. The number of nitrogens with two attached hydrogens (primary N) is 1. The van der Waals surface area contributed by atoms with Crippen molar-refractivity contribution in [2.24, 2.45) is 23.5 Å². The Morgan fingerprint density at radius 3 is 2.47 bits per heavy atom. The molecule has 2 aliphatic carbocycles. The van der Waals surface area contributed by atoms with Crippen LogP contribution in [0.4, 0.5) is 0 Å². The van der Waals surface area contributed by atoms with Crippen LogP contribution in [0.15, 0.2) is 0 Å². The minimum absolute atomic E-state index is 0.209. The molecule has 3 nitrogen and oxygen atoms in total. The van der Waals surface area contributed by atoms with E-state index in [1.54, 1.807) is 0 Å². The van der Waals surface area contributed by atoms with Crippen molar-refractivity contribution in [3.05, 3.63) is 0 Å². The van der Waals surface area contributed by atoms with Gasteiger partial charge in [0, 0.05) is 18.0 Å². The molecule has 0 aromatic heterocycles. The Balaban J connectivity index is 1.80. The monoisotopic (exact) mass is 238 g/mol. The van der Waals surface area contributed by atoms with Gasteiger partial charge in [-0.2, -0.15) is 0 Å². The lowest BCUT2D eigenvalue weighted by Gasteiger charge is -2.31. The van der Waals surface area contributed by atoms with E-state index in [4.69, 9.17) is 5.73 Å². The van der Waals surface area contributed by atoms with Crippen LogP contribution in [0.5, 0.6) is 0 Å². The van der Waals surface area contributed by atoms with E-state index < -0.39 is 0 Å². The van der Waals surface area contributed by atoms with Gasteiger partial charge in [0.2, 0.25) is 5.91 Å². The van der Waals surface area contributed by atoms with E-state index in [0.29, 0.717) is 18.0 Å². The van der Waals surface area contributed by atoms with Crippen LogP contribution >= 0.6 is 0 Å². The van der Waals surface area contributed by atoms with Gasteiger partial charge in [-0.1, -0.05) is 13.8 Å². The highest BCUT2D eigenvalue weighted by Crippen LogP contribution is 2.29. The fourth-order valence-electron chi connectivity index (χ4n) is 3.31. The fourth-order valence-corrected chi connectivity index (χ4v) is 3.31. The molecule has 0 aromatic carbocycles. The van der Waals surface area contributed by atoms with Gasteiger partial charge in [0.15, 0.2) is 0 Å². The van der Waals surface area contributed by atoms with Crippen LogP contribution < -0.4 is 11.1 Å². The molecule has 3 N–H and O–H groups in total. The number of nitrogens with one attached hydrogen (secondary N) is 1. The lowest BCUT2D eigenvalue weighted by Crippen LogP contribution is -2.43. The van der Waals surface area contributed by atoms with Crippen molar-refractivity contribution in [2.45, 2.75) is 64.5 Å². The maximum Gasteiger partial charge on any atom is 0.223 e. The molecule has 0 heterocycles. The summed E-state index contributed by atoms with van der Waals surface area (Å²) >= 11 is 0. The van der Waals surface area contributed by atoms with Crippen LogP contribution in [0.2, 0.25) is 0 Å². The summed E-state index contributed by atoms with van der Waals surface area (Å²) in [7, 11) is 0. The Kier molecular flexibility index (Phi) is 4.08. The van der Waals surface area contributed by atoms with E-state index in [1.807, 2.05) is 0 Å². The van der Waals surface area contributed by atoms with E-state index in [2.05, 4.69) is 19.2 Å². The highest BCUT2D eigenvalue weighted by molar-refractivity contribution is 5.79. The minimum Gasteiger partial charge on any atom is -0.353 e. The second-order valence-corrected chi connectivity index (χ2v) is 6.27. The van der Waals surface area contributed by atoms with E-state index in [1.165, 1.54) is 6.42 Å². The van der Waals surface area contributed by atoms with E-state index >= 15 is 0 Å². The average Bonchev–Trinajstić information content (AvgIpc) is 2.68. The van der Waals surface area contributed by atoms with Gasteiger partial charge in [-0.25, -0.2) is 0 Å². The summed E-state index contributed by atoms with van der Waals surface area (Å²) in [4.78, 5) is 12.2. The van der Waals surface area contributed by atoms with Crippen molar-refractivity contribution in [3.8, 4) is 0 Å². The van der Waals surface area contributed by atoms with Gasteiger partial charge in [-0.05, 0) is 50.4 Å². The molecule has 2 saturated carbocycles. The predicted molar refractivity (Wildman–Crippen MR) is 69.4 cm³/mol. The van der Waals surface area contributed by atoms with Crippen molar-refractivity contribution in [1.29, 1.82) is 0 Å². The molecule has 0 bridgehead atoms. The van der Waals surface area contributed by atoms with Crippen LogP contribution in [0, 0.1) is 17.8 Å². The smallest absolute Gasteiger partial charge is 0.223 e. The van der Waals surface area contributed by atoms with Crippen LogP contribution in [-0.2, 0) is 4.79 Å². The molecule has 0 aromatic rings. The molecular weight excluding hydrogens is 212 g/mol. The second-order valence-electron chi connectivity index (χ2n) is 6.27. The number of rotatable bonds is 2. The summed E-state index contributed by atoms with van der Waals surface area (Å²) < 4.78 is 0. The van der Waals surface area contributed by atoms with Gasteiger partial charge in [-0.15, -0.1) is 0 Å². The van der Waals surface area contributed by atoms with Crippen molar-refractivity contribution >= 4 is 5.91 Å². The van der Waals surface area contributed by atoms with Crippen molar-refractivity contribution in [2.75, 3.05) is 0 Å². The Bertz CT molecular complexity index is 279. The standard InChI is InChI=1S/C14H26N2O/c1-9-3-5-12(7-9)16-14(17)11-4-6-13(15)10(2)8-11/h9-13H,3-8,15H2,1-2H3,(H,16,17). The molecule has 2 aliphatic rings. The molecule has 0 saturated heterocycles. The third-order valence-electron chi connectivity index (χ3n) is 4.65. The third-order valence-corrected chi connectivity index (χ3v) is 4.65. The predicted octanol–water partition coefficient (Wildman–Crippen LogP) is 2.05. The van der Waals surface area contributed by atoms with Gasteiger partial charge < -0.3 is 11.1 Å². The highest BCUT2D eigenvalue weighted by Gasteiger charge is 2.31. The quantitative estimate of drug-likeness (QED) is 0.773. The van der Waals surface area contributed by atoms with Crippen LogP contribution in [0.3, 0.4) is 0 Å². The van der Waals surface area contributed by atoms with Crippen LogP contribution in [0.1, 0.15) is 52.4 Å². The third kappa shape index (κ3) is 3.21. The Labute approximate surface area is 105 Å². The van der Waals surface area contributed by atoms with Gasteiger partial charge >= 0.3 is 0 Å². The number of amides is 1. The number of carbonyl (C=O) groups excluding carboxylic acids is 1. The maximum atomic E-state index is 12.2. The summed E-state index contributed by atoms with van der Waals surface area (Å²) in [6.45, 7) is 4.44. The highest BCUT2D eigenvalue weighted by atomic mass is 16.1. The van der Waals surface area contributed by atoms with Gasteiger partial charge in [0.25, 0.3) is 0 Å². The normalized spacial score (nSPS) is 42.4. The molecule has 0 aliphatic heterocycles. The van der Waals surface area contributed by atoms with Crippen molar-refractivity contribution in [1.82, 2.24) is 5.32 Å². The SMILES string of the molecule is CC1CCC(NC(=O)C2CCC(N)C(C)C2)C1. The topological polar surface area (TPSA) is 55.1 Å². The number of hydrogen-bond acceptors (Lipinski definition) is 2. The van der Waals surface area contributed by atoms with Crippen molar-refractivity contribution in [3.63, 3.8) is 0 Å². The van der Waals surface area contributed by atoms with Gasteiger partial charge in [0.05, 0.1) is 0 Å². The zero-order chi connectivity index (χ0) is 12.4. The van der Waals surface area contributed by atoms with Crippen molar-refractivity contribution < 1.29 is 4.79 Å². The largest absolute Gasteiger partial charge is 0.353 e. The molecule has 17 heavy (non-hydrogen) atoms. The molecule has 1 amide bonds. The van der Waals surface area contributed by atoms with E-state index in [0.717, 1.165) is 38.0 Å². The lowest BCUT2D eigenvalue weighted by atomic mass is 9.79.